The van der Waals surface area contributed by atoms with Crippen LogP contribution in [0.4, 0.5) is 0 Å². The molecule has 1 atom stereocenters. The second kappa shape index (κ2) is 10.3. The van der Waals surface area contributed by atoms with E-state index in [4.69, 9.17) is 30.5 Å². The Morgan fingerprint density at radius 1 is 1.29 bits per heavy atom. The zero-order valence-electron chi connectivity index (χ0n) is 16.5. The van der Waals surface area contributed by atoms with Crippen LogP contribution in [0.5, 0.6) is 11.5 Å². The molecule has 0 radical (unpaired) electrons. The Morgan fingerprint density at radius 3 is 2.75 bits per heavy atom. The summed E-state index contributed by atoms with van der Waals surface area (Å²) >= 11 is 6.49. The first-order valence-corrected chi connectivity index (χ1v) is 10.1. The van der Waals surface area contributed by atoms with E-state index in [-0.39, 0.29) is 11.9 Å². The lowest BCUT2D eigenvalue weighted by atomic mass is 10.1. The van der Waals surface area contributed by atoms with Crippen molar-refractivity contribution in [2.24, 2.45) is 0 Å². The Kier molecular flexibility index (Phi) is 7.79. The molecule has 1 saturated carbocycles. The predicted octanol–water partition coefficient (Wildman–Crippen LogP) is 2.24. The summed E-state index contributed by atoms with van der Waals surface area (Å²) in [5, 5.41) is 3.78. The fourth-order valence-electron chi connectivity index (χ4n) is 3.22. The summed E-state index contributed by atoms with van der Waals surface area (Å²) in [6.45, 7) is 3.45. The van der Waals surface area contributed by atoms with Crippen LogP contribution < -0.4 is 14.8 Å². The molecule has 1 amide bonds. The van der Waals surface area contributed by atoms with Crippen molar-refractivity contribution in [3.8, 4) is 11.5 Å². The van der Waals surface area contributed by atoms with Crippen LogP contribution in [-0.2, 0) is 20.8 Å². The number of amides is 1. The number of hydrogen-bond donors (Lipinski definition) is 1. The van der Waals surface area contributed by atoms with Crippen molar-refractivity contribution >= 4 is 17.5 Å². The van der Waals surface area contributed by atoms with Gasteiger partial charge in [0.05, 0.1) is 20.3 Å². The minimum atomic E-state index is -0.434. The Hall–Kier alpha value is -1.54. The van der Waals surface area contributed by atoms with Gasteiger partial charge < -0.3 is 29.2 Å². The molecule has 3 rings (SSSR count). The minimum absolute atomic E-state index is 0.0177. The Balaban J connectivity index is 1.73. The Labute approximate surface area is 171 Å². The molecule has 1 saturated heterocycles. The molecule has 0 spiro atoms. The van der Waals surface area contributed by atoms with E-state index < -0.39 is 6.10 Å². The number of benzene rings is 1. The van der Waals surface area contributed by atoms with Gasteiger partial charge in [-0.15, -0.1) is 0 Å². The number of nitrogens with one attached hydrogen (secondary N) is 1. The molecule has 1 N–H and O–H groups in total. The second-order valence-electron chi connectivity index (χ2n) is 7.05. The third-order valence-corrected chi connectivity index (χ3v) is 5.25. The minimum Gasteiger partial charge on any atom is -0.493 e. The fraction of sp³-hybridized carbons (Fsp3) is 0.650. The van der Waals surface area contributed by atoms with E-state index in [0.29, 0.717) is 49.4 Å². The Morgan fingerprint density at radius 2 is 2.11 bits per heavy atom. The molecular weight excluding hydrogens is 384 g/mol. The van der Waals surface area contributed by atoms with Gasteiger partial charge in [0.2, 0.25) is 0 Å². The normalized spacial score (nSPS) is 19.3. The summed E-state index contributed by atoms with van der Waals surface area (Å²) in [5.41, 5.74) is 0.841. The SMILES string of the molecule is COCCCOc1cc(CN(C(=O)[C@H]2CNCCO2)C2CC2)c(Cl)cc1OC. The van der Waals surface area contributed by atoms with E-state index >= 15 is 0 Å². The molecule has 156 valence electrons. The summed E-state index contributed by atoms with van der Waals surface area (Å²) in [7, 11) is 3.25. The molecule has 1 heterocycles. The highest BCUT2D eigenvalue weighted by atomic mass is 35.5. The van der Waals surface area contributed by atoms with Crippen LogP contribution >= 0.6 is 11.6 Å². The molecule has 0 bridgehead atoms. The molecule has 1 aromatic rings. The van der Waals surface area contributed by atoms with E-state index in [0.717, 1.165) is 31.4 Å². The fourth-order valence-corrected chi connectivity index (χ4v) is 3.44. The van der Waals surface area contributed by atoms with Crippen LogP contribution in [0.1, 0.15) is 24.8 Å². The molecule has 1 aromatic carbocycles. The van der Waals surface area contributed by atoms with Gasteiger partial charge in [0.15, 0.2) is 11.5 Å². The van der Waals surface area contributed by atoms with E-state index in [1.807, 2.05) is 11.0 Å². The molecule has 1 aliphatic carbocycles. The lowest BCUT2D eigenvalue weighted by Crippen LogP contribution is -2.49. The first kappa shape index (κ1) is 21.2. The molecular formula is C20H29ClN2O5. The summed E-state index contributed by atoms with van der Waals surface area (Å²) in [4.78, 5) is 14.9. The van der Waals surface area contributed by atoms with Crippen molar-refractivity contribution in [3.05, 3.63) is 22.7 Å². The van der Waals surface area contributed by atoms with E-state index in [1.54, 1.807) is 20.3 Å². The van der Waals surface area contributed by atoms with E-state index in [2.05, 4.69) is 5.32 Å². The summed E-state index contributed by atoms with van der Waals surface area (Å²) in [5.74, 6) is 1.22. The quantitative estimate of drug-likeness (QED) is 0.594. The van der Waals surface area contributed by atoms with Gasteiger partial charge in [0, 0.05) is 56.9 Å². The van der Waals surface area contributed by atoms with Crippen LogP contribution in [0.15, 0.2) is 12.1 Å². The maximum atomic E-state index is 13.0. The van der Waals surface area contributed by atoms with Crippen molar-refractivity contribution in [3.63, 3.8) is 0 Å². The zero-order chi connectivity index (χ0) is 19.9. The van der Waals surface area contributed by atoms with Gasteiger partial charge in [-0.3, -0.25) is 4.79 Å². The zero-order valence-corrected chi connectivity index (χ0v) is 17.3. The summed E-state index contributed by atoms with van der Waals surface area (Å²) < 4.78 is 22.0. The van der Waals surface area contributed by atoms with Gasteiger partial charge in [0.1, 0.15) is 6.10 Å². The number of ether oxygens (including phenoxy) is 4. The summed E-state index contributed by atoms with van der Waals surface area (Å²) in [6, 6.07) is 3.87. The largest absolute Gasteiger partial charge is 0.493 e. The molecule has 8 heteroatoms. The number of nitrogens with zero attached hydrogens (tertiary/aromatic N) is 1. The smallest absolute Gasteiger partial charge is 0.253 e. The van der Waals surface area contributed by atoms with Gasteiger partial charge >= 0.3 is 0 Å². The van der Waals surface area contributed by atoms with Gasteiger partial charge in [-0.1, -0.05) is 11.6 Å². The van der Waals surface area contributed by atoms with Crippen molar-refractivity contribution in [2.75, 3.05) is 47.1 Å². The molecule has 28 heavy (non-hydrogen) atoms. The first-order chi connectivity index (χ1) is 13.6. The second-order valence-corrected chi connectivity index (χ2v) is 7.46. The van der Waals surface area contributed by atoms with Crippen LogP contribution in [0.3, 0.4) is 0 Å². The van der Waals surface area contributed by atoms with E-state index in [1.165, 1.54) is 0 Å². The maximum absolute atomic E-state index is 13.0. The molecule has 2 aliphatic rings. The van der Waals surface area contributed by atoms with E-state index in [9.17, 15) is 4.79 Å². The average molecular weight is 413 g/mol. The highest BCUT2D eigenvalue weighted by Gasteiger charge is 2.37. The van der Waals surface area contributed by atoms with Crippen molar-refractivity contribution in [1.29, 1.82) is 0 Å². The van der Waals surface area contributed by atoms with Crippen LogP contribution in [0.2, 0.25) is 5.02 Å². The number of rotatable bonds is 10. The first-order valence-electron chi connectivity index (χ1n) is 9.75. The summed E-state index contributed by atoms with van der Waals surface area (Å²) in [6.07, 6.45) is 2.37. The third kappa shape index (κ3) is 5.50. The molecule has 7 nitrogen and oxygen atoms in total. The lowest BCUT2D eigenvalue weighted by molar-refractivity contribution is -0.146. The van der Waals surface area contributed by atoms with Gasteiger partial charge in [-0.2, -0.15) is 0 Å². The molecule has 1 aliphatic heterocycles. The maximum Gasteiger partial charge on any atom is 0.253 e. The monoisotopic (exact) mass is 412 g/mol. The average Bonchev–Trinajstić information content (AvgIpc) is 3.56. The molecule has 0 unspecified atom stereocenters. The van der Waals surface area contributed by atoms with Crippen molar-refractivity contribution in [1.82, 2.24) is 10.2 Å². The highest BCUT2D eigenvalue weighted by Crippen LogP contribution is 2.36. The number of carbonyl (C=O) groups excluding carboxylic acids is 1. The van der Waals surface area contributed by atoms with Gasteiger partial charge in [-0.25, -0.2) is 0 Å². The van der Waals surface area contributed by atoms with Crippen LogP contribution in [0.25, 0.3) is 0 Å². The molecule has 0 aromatic heterocycles. The van der Waals surface area contributed by atoms with Gasteiger partial charge in [-0.05, 0) is 24.5 Å². The number of methoxy groups -OCH3 is 2. The Bertz CT molecular complexity index is 662. The lowest BCUT2D eigenvalue weighted by Gasteiger charge is -2.30. The third-order valence-electron chi connectivity index (χ3n) is 4.90. The topological polar surface area (TPSA) is 69.3 Å². The predicted molar refractivity (Wildman–Crippen MR) is 106 cm³/mol. The number of carbonyl (C=O) groups is 1. The van der Waals surface area contributed by atoms with Crippen LogP contribution in [-0.4, -0.2) is 70.1 Å². The standard InChI is InChI=1S/C20H29ClN2O5/c1-25-7-3-8-27-18-10-14(16(21)11-17(18)26-2)13-23(15-4-5-15)20(24)19-12-22-6-9-28-19/h10-11,15,19,22H,3-9,12-13H2,1-2H3/t19-/m1/s1. The number of morpholine rings is 1. The van der Waals surface area contributed by atoms with Crippen molar-refractivity contribution < 1.29 is 23.7 Å². The number of hydrogen-bond acceptors (Lipinski definition) is 6. The highest BCUT2D eigenvalue weighted by molar-refractivity contribution is 6.31. The van der Waals surface area contributed by atoms with Crippen LogP contribution in [0, 0.1) is 0 Å². The van der Waals surface area contributed by atoms with Gasteiger partial charge in [0.25, 0.3) is 5.91 Å². The number of halogens is 1. The molecule has 2 fully saturated rings. The van der Waals surface area contributed by atoms with Crippen molar-refractivity contribution in [2.45, 2.75) is 38.0 Å².